The van der Waals surface area contributed by atoms with Crippen LogP contribution in [0.3, 0.4) is 0 Å². The molecule has 1 amide bonds. The number of amides is 1. The molecule has 2 aliphatic heterocycles. The number of rotatable bonds is 5. The summed E-state index contributed by atoms with van der Waals surface area (Å²) in [4.78, 5) is 19.8. The Morgan fingerprint density at radius 3 is 2.70 bits per heavy atom. The molecule has 1 aromatic heterocycles. The fraction of sp³-hybridized carbons (Fsp3) is 0.700. The zero-order chi connectivity index (χ0) is 21.3. The highest BCUT2D eigenvalue weighted by molar-refractivity contribution is 5.85. The average molecular weight is 421 g/mol. The van der Waals surface area contributed by atoms with Crippen LogP contribution in [0.2, 0.25) is 0 Å². The van der Waals surface area contributed by atoms with E-state index in [4.69, 9.17) is 4.74 Å². The number of hydrogen-bond acceptors (Lipinski definition) is 9. The normalized spacial score (nSPS) is 37.9. The number of aliphatic hydroxyl groups excluding tert-OH is 3. The predicted octanol–water partition coefficient (Wildman–Crippen LogP) is -2.17. The van der Waals surface area contributed by atoms with Gasteiger partial charge >= 0.3 is 0 Å². The van der Waals surface area contributed by atoms with E-state index in [1.807, 2.05) is 25.1 Å². The van der Waals surface area contributed by atoms with Crippen LogP contribution >= 0.6 is 0 Å². The highest BCUT2D eigenvalue weighted by Crippen LogP contribution is 2.29. The Bertz CT molecular complexity index is 746. The standard InChI is InChI=1S/C20H31N5O5/c1-11-3-2-4-13(21-11)15-18(22-14-9-12(10-26)16(27)17(14)28)23-20(24-19(15)29)25-5-7-30-8-6-25/h2-4,12,14-18,20,22-23,26-28H,5-10H2,1H3,(H,24,29)/t12-,14-,15?,16-,17+,18?,20?/m1/s1. The topological polar surface area (TPSA) is 139 Å². The van der Waals surface area contributed by atoms with Crippen LogP contribution in [0, 0.1) is 12.8 Å². The van der Waals surface area contributed by atoms with Crippen molar-refractivity contribution in [2.24, 2.45) is 5.92 Å². The summed E-state index contributed by atoms with van der Waals surface area (Å²) in [6.07, 6.45) is -2.51. The van der Waals surface area contributed by atoms with Crippen molar-refractivity contribution in [1.82, 2.24) is 25.8 Å². The Morgan fingerprint density at radius 1 is 1.27 bits per heavy atom. The van der Waals surface area contributed by atoms with Gasteiger partial charge in [0.25, 0.3) is 0 Å². The number of aromatic nitrogens is 1. The van der Waals surface area contributed by atoms with E-state index in [0.29, 0.717) is 38.4 Å². The molecule has 30 heavy (non-hydrogen) atoms. The minimum Gasteiger partial charge on any atom is -0.396 e. The van der Waals surface area contributed by atoms with Crippen LogP contribution in [0.15, 0.2) is 18.2 Å². The predicted molar refractivity (Wildman–Crippen MR) is 107 cm³/mol. The van der Waals surface area contributed by atoms with Crippen molar-refractivity contribution in [1.29, 1.82) is 0 Å². The molecule has 0 radical (unpaired) electrons. The van der Waals surface area contributed by atoms with Crippen LogP contribution in [0.4, 0.5) is 0 Å². The van der Waals surface area contributed by atoms with Crippen molar-refractivity contribution in [2.75, 3.05) is 32.9 Å². The maximum atomic E-state index is 13.2. The number of nitrogens with one attached hydrogen (secondary N) is 3. The van der Waals surface area contributed by atoms with Crippen LogP contribution in [0.5, 0.6) is 0 Å². The van der Waals surface area contributed by atoms with Crippen molar-refractivity contribution in [3.05, 3.63) is 29.6 Å². The molecule has 10 nitrogen and oxygen atoms in total. The van der Waals surface area contributed by atoms with Gasteiger partial charge in [-0.3, -0.25) is 25.3 Å². The summed E-state index contributed by atoms with van der Waals surface area (Å²) >= 11 is 0. The van der Waals surface area contributed by atoms with Gasteiger partial charge in [0.15, 0.2) is 0 Å². The lowest BCUT2D eigenvalue weighted by molar-refractivity contribution is -0.131. The summed E-state index contributed by atoms with van der Waals surface area (Å²) in [5, 5.41) is 40.0. The van der Waals surface area contributed by atoms with Crippen LogP contribution in [-0.2, 0) is 9.53 Å². The van der Waals surface area contributed by atoms with Crippen molar-refractivity contribution in [3.63, 3.8) is 0 Å². The molecule has 3 fully saturated rings. The molecule has 0 aromatic carbocycles. The highest BCUT2D eigenvalue weighted by Gasteiger charge is 2.46. The summed E-state index contributed by atoms with van der Waals surface area (Å²) in [6, 6.07) is 5.10. The van der Waals surface area contributed by atoms with Crippen LogP contribution in [-0.4, -0.2) is 94.7 Å². The lowest BCUT2D eigenvalue weighted by Crippen LogP contribution is -2.71. The lowest BCUT2D eigenvalue weighted by atomic mass is 9.96. The number of nitrogens with zero attached hydrogens (tertiary/aromatic N) is 2. The number of aliphatic hydroxyl groups is 3. The molecule has 1 aromatic rings. The van der Waals surface area contributed by atoms with Crippen molar-refractivity contribution < 1.29 is 24.9 Å². The van der Waals surface area contributed by atoms with Crippen LogP contribution < -0.4 is 16.0 Å². The first-order valence-corrected chi connectivity index (χ1v) is 10.5. The van der Waals surface area contributed by atoms with Gasteiger partial charge in [-0.2, -0.15) is 0 Å². The molecule has 166 valence electrons. The second kappa shape index (κ2) is 9.23. The third-order valence-electron chi connectivity index (χ3n) is 6.30. The minimum atomic E-state index is -1.03. The Balaban J connectivity index is 1.57. The van der Waals surface area contributed by atoms with E-state index >= 15 is 0 Å². The van der Waals surface area contributed by atoms with E-state index in [-0.39, 0.29) is 18.8 Å². The molecule has 10 heteroatoms. The Labute approximate surface area is 175 Å². The molecule has 0 bridgehead atoms. The lowest BCUT2D eigenvalue weighted by Gasteiger charge is -2.44. The molecule has 3 unspecified atom stereocenters. The Morgan fingerprint density at radius 2 is 2.03 bits per heavy atom. The van der Waals surface area contributed by atoms with Gasteiger partial charge in [-0.05, 0) is 25.5 Å². The number of morpholine rings is 1. The van der Waals surface area contributed by atoms with Crippen LogP contribution in [0.25, 0.3) is 0 Å². The van der Waals surface area contributed by atoms with E-state index in [1.54, 1.807) is 0 Å². The maximum Gasteiger partial charge on any atom is 0.234 e. The second-order valence-electron chi connectivity index (χ2n) is 8.32. The van der Waals surface area contributed by atoms with Gasteiger partial charge in [0, 0.05) is 37.4 Å². The number of pyridine rings is 1. The van der Waals surface area contributed by atoms with E-state index in [1.165, 1.54) is 0 Å². The summed E-state index contributed by atoms with van der Waals surface area (Å²) in [6.45, 7) is 4.25. The van der Waals surface area contributed by atoms with E-state index in [0.717, 1.165) is 5.69 Å². The van der Waals surface area contributed by atoms with E-state index in [2.05, 4.69) is 25.8 Å². The third kappa shape index (κ3) is 4.35. The fourth-order valence-electron chi connectivity index (χ4n) is 4.60. The molecule has 2 saturated heterocycles. The van der Waals surface area contributed by atoms with Gasteiger partial charge in [0.05, 0.1) is 37.3 Å². The zero-order valence-corrected chi connectivity index (χ0v) is 17.1. The molecule has 1 saturated carbocycles. The van der Waals surface area contributed by atoms with Gasteiger partial charge in [0.2, 0.25) is 5.91 Å². The first-order valence-electron chi connectivity index (χ1n) is 10.5. The number of aryl methyl sites for hydroxylation is 1. The quantitative estimate of drug-likeness (QED) is 0.313. The smallest absolute Gasteiger partial charge is 0.234 e. The van der Waals surface area contributed by atoms with E-state index < -0.39 is 36.3 Å². The number of carbonyl (C=O) groups excluding carboxylic acids is 1. The van der Waals surface area contributed by atoms with Crippen molar-refractivity contribution >= 4 is 5.91 Å². The molecule has 3 heterocycles. The van der Waals surface area contributed by atoms with Gasteiger partial charge in [-0.1, -0.05) is 6.07 Å². The Kier molecular flexibility index (Phi) is 6.63. The fourth-order valence-corrected chi connectivity index (χ4v) is 4.60. The summed E-state index contributed by atoms with van der Waals surface area (Å²) in [5.74, 6) is -1.17. The SMILES string of the molecule is Cc1cccc(C2C(=O)NC(N3CCOCC3)NC2N[C@@H]2C[C@H](CO)[C@@H](O)[C@H]2O)n1. The molecule has 0 spiro atoms. The molecule has 1 aliphatic carbocycles. The van der Waals surface area contributed by atoms with Gasteiger partial charge in [0.1, 0.15) is 12.2 Å². The first-order chi connectivity index (χ1) is 14.5. The van der Waals surface area contributed by atoms with Gasteiger partial charge in [-0.25, -0.2) is 0 Å². The molecule has 3 aliphatic rings. The van der Waals surface area contributed by atoms with Crippen molar-refractivity contribution in [2.45, 2.75) is 50.0 Å². The average Bonchev–Trinajstić information content (AvgIpc) is 3.02. The largest absolute Gasteiger partial charge is 0.396 e. The summed E-state index contributed by atoms with van der Waals surface area (Å²) in [7, 11) is 0. The second-order valence-corrected chi connectivity index (χ2v) is 8.32. The molecular weight excluding hydrogens is 390 g/mol. The minimum absolute atomic E-state index is 0.160. The molecule has 4 rings (SSSR count). The molecule has 6 N–H and O–H groups in total. The number of hydrogen-bond donors (Lipinski definition) is 6. The number of carbonyl (C=O) groups is 1. The number of ether oxygens (including phenoxy) is 1. The molecule has 7 atom stereocenters. The maximum absolute atomic E-state index is 13.2. The Hall–Kier alpha value is -1.66. The first kappa shape index (κ1) is 21.6. The monoisotopic (exact) mass is 421 g/mol. The van der Waals surface area contributed by atoms with E-state index in [9.17, 15) is 20.1 Å². The van der Waals surface area contributed by atoms with Crippen molar-refractivity contribution in [3.8, 4) is 0 Å². The zero-order valence-electron chi connectivity index (χ0n) is 17.1. The van der Waals surface area contributed by atoms with Gasteiger partial charge in [-0.15, -0.1) is 0 Å². The van der Waals surface area contributed by atoms with Crippen LogP contribution in [0.1, 0.15) is 23.7 Å². The molecular formula is C20H31N5O5. The summed E-state index contributed by atoms with van der Waals surface area (Å²) in [5.41, 5.74) is 1.44. The van der Waals surface area contributed by atoms with Gasteiger partial charge < -0.3 is 25.4 Å². The third-order valence-corrected chi connectivity index (χ3v) is 6.30. The highest BCUT2D eigenvalue weighted by atomic mass is 16.5. The summed E-state index contributed by atoms with van der Waals surface area (Å²) < 4.78 is 5.41.